The van der Waals surface area contributed by atoms with E-state index in [1.165, 1.54) is 0 Å². The minimum Gasteiger partial charge on any atom is -0.481 e. The van der Waals surface area contributed by atoms with E-state index in [2.05, 4.69) is 0 Å². The fourth-order valence-corrected chi connectivity index (χ4v) is 2.03. The Kier molecular flexibility index (Phi) is 3.83. The maximum absolute atomic E-state index is 10.6. The molecule has 0 saturated carbocycles. The maximum atomic E-state index is 10.6. The molecule has 0 saturated heterocycles. The van der Waals surface area contributed by atoms with E-state index in [0.717, 1.165) is 16.2 Å². The first-order valence-electron chi connectivity index (χ1n) is 4.36. The van der Waals surface area contributed by atoms with Crippen LogP contribution in [0.1, 0.15) is 12.5 Å². The van der Waals surface area contributed by atoms with E-state index in [4.69, 9.17) is 10.8 Å². The molecule has 4 heteroatoms. The largest absolute Gasteiger partial charge is 0.481 e. The van der Waals surface area contributed by atoms with E-state index in [-0.39, 0.29) is 6.42 Å². The number of hydrogen-bond donors (Lipinski definition) is 2. The third-order valence-corrected chi connectivity index (χ3v) is 2.71. The van der Waals surface area contributed by atoms with Gasteiger partial charge >= 0.3 is 5.97 Å². The molecule has 0 heterocycles. The highest BCUT2D eigenvalue weighted by atomic mass is 32.2. The van der Waals surface area contributed by atoms with Gasteiger partial charge in [-0.05, 0) is 23.4 Å². The van der Waals surface area contributed by atoms with Crippen LogP contribution in [-0.4, -0.2) is 16.8 Å². The molecule has 14 heavy (non-hydrogen) atoms. The summed E-state index contributed by atoms with van der Waals surface area (Å²) in [5, 5.41) is 8.69. The van der Waals surface area contributed by atoms with Crippen LogP contribution in [0, 0.1) is 0 Å². The summed E-state index contributed by atoms with van der Waals surface area (Å²) < 4.78 is 0. The summed E-state index contributed by atoms with van der Waals surface area (Å²) in [4.78, 5) is 11.5. The second kappa shape index (κ2) is 4.91. The smallest absolute Gasteiger partial charge is 0.307 e. The average Bonchev–Trinajstić information content (AvgIpc) is 2.09. The molecule has 76 valence electrons. The molecule has 1 aromatic carbocycles. The van der Waals surface area contributed by atoms with Gasteiger partial charge in [-0.1, -0.05) is 13.0 Å². The molecule has 0 aromatic heterocycles. The summed E-state index contributed by atoms with van der Waals surface area (Å²) in [5.41, 5.74) is 7.14. The van der Waals surface area contributed by atoms with Gasteiger partial charge in [-0.3, -0.25) is 4.79 Å². The fraction of sp³-hybridized carbons (Fsp3) is 0.300. The molecule has 0 aliphatic carbocycles. The minimum atomic E-state index is -0.812. The van der Waals surface area contributed by atoms with Gasteiger partial charge < -0.3 is 10.8 Å². The number of nitrogen functional groups attached to an aromatic ring is 1. The normalized spacial score (nSPS) is 10.1. The average molecular weight is 211 g/mol. The number of carboxylic acids is 1. The van der Waals surface area contributed by atoms with Crippen LogP contribution in [0.2, 0.25) is 0 Å². The summed E-state index contributed by atoms with van der Waals surface area (Å²) in [6, 6.07) is 5.34. The first-order valence-corrected chi connectivity index (χ1v) is 5.35. The molecule has 0 radical (unpaired) electrons. The standard InChI is InChI=1S/C10H13NO2S/c1-2-14-9-6-8(11)4-3-7(9)5-10(12)13/h3-4,6H,2,5,11H2,1H3,(H,12,13). The van der Waals surface area contributed by atoms with Crippen molar-refractivity contribution in [1.82, 2.24) is 0 Å². The number of carbonyl (C=O) groups is 1. The zero-order chi connectivity index (χ0) is 10.6. The molecule has 3 N–H and O–H groups in total. The van der Waals surface area contributed by atoms with Crippen molar-refractivity contribution in [3.63, 3.8) is 0 Å². The van der Waals surface area contributed by atoms with Gasteiger partial charge in [0, 0.05) is 10.6 Å². The van der Waals surface area contributed by atoms with Crippen molar-refractivity contribution in [2.75, 3.05) is 11.5 Å². The van der Waals surface area contributed by atoms with Crippen LogP contribution in [0.25, 0.3) is 0 Å². The molecule has 1 aromatic rings. The molecule has 1 rings (SSSR count). The Labute approximate surface area is 87.3 Å². The summed E-state index contributed by atoms with van der Waals surface area (Å²) in [6.07, 6.45) is 0.0581. The van der Waals surface area contributed by atoms with Crippen molar-refractivity contribution in [3.8, 4) is 0 Å². The third kappa shape index (κ3) is 2.96. The van der Waals surface area contributed by atoms with Crippen LogP contribution in [-0.2, 0) is 11.2 Å². The second-order valence-corrected chi connectivity index (χ2v) is 4.18. The van der Waals surface area contributed by atoms with E-state index in [1.807, 2.05) is 13.0 Å². The molecule has 0 spiro atoms. The monoisotopic (exact) mass is 211 g/mol. The van der Waals surface area contributed by atoms with Gasteiger partial charge in [0.05, 0.1) is 6.42 Å². The molecular weight excluding hydrogens is 198 g/mol. The van der Waals surface area contributed by atoms with Gasteiger partial charge in [0.25, 0.3) is 0 Å². The quantitative estimate of drug-likeness (QED) is 0.590. The van der Waals surface area contributed by atoms with Crippen molar-refractivity contribution >= 4 is 23.4 Å². The van der Waals surface area contributed by atoms with Crippen LogP contribution in [0.3, 0.4) is 0 Å². The summed E-state index contributed by atoms with van der Waals surface area (Å²) >= 11 is 1.61. The predicted molar refractivity (Wildman–Crippen MR) is 58.6 cm³/mol. The molecule has 0 atom stereocenters. The lowest BCUT2D eigenvalue weighted by Gasteiger charge is -2.06. The molecule has 0 fully saturated rings. The predicted octanol–water partition coefficient (Wildman–Crippen LogP) is 2.01. The highest BCUT2D eigenvalue weighted by molar-refractivity contribution is 7.99. The van der Waals surface area contributed by atoms with E-state index in [9.17, 15) is 4.79 Å². The number of rotatable bonds is 4. The van der Waals surface area contributed by atoms with Crippen molar-refractivity contribution in [2.45, 2.75) is 18.2 Å². The van der Waals surface area contributed by atoms with Crippen molar-refractivity contribution in [1.29, 1.82) is 0 Å². The van der Waals surface area contributed by atoms with E-state index in [1.54, 1.807) is 23.9 Å². The van der Waals surface area contributed by atoms with E-state index < -0.39 is 5.97 Å². The third-order valence-electron chi connectivity index (χ3n) is 1.73. The maximum Gasteiger partial charge on any atom is 0.307 e. The zero-order valence-electron chi connectivity index (χ0n) is 7.99. The Balaban J connectivity index is 2.95. The number of nitrogens with two attached hydrogens (primary N) is 1. The van der Waals surface area contributed by atoms with Gasteiger partial charge in [0.15, 0.2) is 0 Å². The van der Waals surface area contributed by atoms with Gasteiger partial charge in [-0.15, -0.1) is 11.8 Å². The number of hydrogen-bond acceptors (Lipinski definition) is 3. The Hall–Kier alpha value is -1.16. The lowest BCUT2D eigenvalue weighted by Crippen LogP contribution is -2.02. The van der Waals surface area contributed by atoms with Gasteiger partial charge in [0.1, 0.15) is 0 Å². The number of thioether (sulfide) groups is 1. The Morgan fingerprint density at radius 3 is 2.86 bits per heavy atom. The summed E-state index contributed by atoms with van der Waals surface area (Å²) in [5.74, 6) is 0.100. The molecule has 0 amide bonds. The minimum absolute atomic E-state index is 0.0581. The van der Waals surface area contributed by atoms with Gasteiger partial charge in [-0.25, -0.2) is 0 Å². The SMILES string of the molecule is CCSc1cc(N)ccc1CC(=O)O. The Bertz CT molecular complexity index is 339. The van der Waals surface area contributed by atoms with Gasteiger partial charge in [0.2, 0.25) is 0 Å². The number of carboxylic acid groups (broad SMARTS) is 1. The van der Waals surface area contributed by atoms with Crippen molar-refractivity contribution < 1.29 is 9.90 Å². The van der Waals surface area contributed by atoms with Gasteiger partial charge in [-0.2, -0.15) is 0 Å². The highest BCUT2D eigenvalue weighted by Gasteiger charge is 2.06. The molecule has 0 bridgehead atoms. The Morgan fingerprint density at radius 1 is 1.57 bits per heavy atom. The summed E-state index contributed by atoms with van der Waals surface area (Å²) in [6.45, 7) is 2.03. The van der Waals surface area contributed by atoms with Crippen LogP contribution < -0.4 is 5.73 Å². The molecule has 0 aliphatic heterocycles. The van der Waals surface area contributed by atoms with Crippen LogP contribution >= 0.6 is 11.8 Å². The molecule has 0 unspecified atom stereocenters. The van der Waals surface area contributed by atoms with Crippen molar-refractivity contribution in [3.05, 3.63) is 23.8 Å². The van der Waals surface area contributed by atoms with E-state index >= 15 is 0 Å². The molecule has 3 nitrogen and oxygen atoms in total. The van der Waals surface area contributed by atoms with Crippen LogP contribution in [0.4, 0.5) is 5.69 Å². The molecular formula is C10H13NO2S. The Morgan fingerprint density at radius 2 is 2.29 bits per heavy atom. The number of anilines is 1. The summed E-state index contributed by atoms with van der Waals surface area (Å²) in [7, 11) is 0. The zero-order valence-corrected chi connectivity index (χ0v) is 8.80. The first-order chi connectivity index (χ1) is 6.63. The number of aliphatic carboxylic acids is 1. The first kappa shape index (κ1) is 10.9. The van der Waals surface area contributed by atoms with Crippen LogP contribution in [0.5, 0.6) is 0 Å². The van der Waals surface area contributed by atoms with Crippen molar-refractivity contribution in [2.24, 2.45) is 0 Å². The lowest BCUT2D eigenvalue weighted by atomic mass is 10.1. The van der Waals surface area contributed by atoms with Crippen LogP contribution in [0.15, 0.2) is 23.1 Å². The second-order valence-electron chi connectivity index (χ2n) is 2.87. The fourth-order valence-electron chi connectivity index (χ4n) is 1.17. The molecule has 0 aliphatic rings. The van der Waals surface area contributed by atoms with E-state index in [0.29, 0.717) is 5.69 Å². The highest BCUT2D eigenvalue weighted by Crippen LogP contribution is 2.25. The topological polar surface area (TPSA) is 63.3 Å². The lowest BCUT2D eigenvalue weighted by molar-refractivity contribution is -0.136. The number of benzene rings is 1.